The van der Waals surface area contributed by atoms with Crippen molar-refractivity contribution in [3.05, 3.63) is 42.5 Å². The molecule has 1 aliphatic rings. The summed E-state index contributed by atoms with van der Waals surface area (Å²) < 4.78 is 7.53. The molecule has 3 rings (SSSR count). The summed E-state index contributed by atoms with van der Waals surface area (Å²) in [6.07, 6.45) is 10.9. The first kappa shape index (κ1) is 14.7. The third-order valence-electron chi connectivity index (χ3n) is 3.67. The van der Waals surface area contributed by atoms with Crippen molar-refractivity contribution in [2.75, 3.05) is 11.9 Å². The van der Waals surface area contributed by atoms with E-state index in [1.165, 1.54) is 6.42 Å². The van der Waals surface area contributed by atoms with Crippen LogP contribution in [-0.4, -0.2) is 33.4 Å². The standard InChI is InChI=1S/C16H20N4O2/c21-16(8-13-4-3-6-17-9-13)19-14-10-18-20(11-14)12-15-5-1-2-7-22-15/h3-4,6,9-11,15H,1-2,5,7-8,12H2,(H,19,21). The zero-order valence-corrected chi connectivity index (χ0v) is 12.4. The molecular weight excluding hydrogens is 280 g/mol. The Hall–Kier alpha value is -2.21. The number of carbonyl (C=O) groups excluding carboxylic acids is 1. The molecule has 3 heterocycles. The lowest BCUT2D eigenvalue weighted by Crippen LogP contribution is -2.24. The van der Waals surface area contributed by atoms with E-state index in [-0.39, 0.29) is 12.0 Å². The molecule has 1 amide bonds. The van der Waals surface area contributed by atoms with Crippen LogP contribution in [0.4, 0.5) is 5.69 Å². The fourth-order valence-corrected chi connectivity index (χ4v) is 2.58. The van der Waals surface area contributed by atoms with Gasteiger partial charge in [-0.1, -0.05) is 6.07 Å². The van der Waals surface area contributed by atoms with E-state index in [4.69, 9.17) is 4.74 Å². The molecular formula is C16H20N4O2. The van der Waals surface area contributed by atoms with E-state index >= 15 is 0 Å². The lowest BCUT2D eigenvalue weighted by molar-refractivity contribution is -0.115. The molecule has 0 bridgehead atoms. The molecule has 1 N–H and O–H groups in total. The van der Waals surface area contributed by atoms with E-state index in [2.05, 4.69) is 15.4 Å². The molecule has 0 aromatic carbocycles. The van der Waals surface area contributed by atoms with Gasteiger partial charge in [-0.3, -0.25) is 14.5 Å². The molecule has 0 aliphatic carbocycles. The second-order valence-electron chi connectivity index (χ2n) is 5.53. The van der Waals surface area contributed by atoms with Crippen LogP contribution < -0.4 is 5.32 Å². The number of pyridine rings is 1. The Balaban J connectivity index is 1.51. The van der Waals surface area contributed by atoms with Crippen LogP contribution in [0.15, 0.2) is 36.9 Å². The minimum Gasteiger partial charge on any atom is -0.376 e. The van der Waals surface area contributed by atoms with Gasteiger partial charge in [0.15, 0.2) is 0 Å². The number of carbonyl (C=O) groups is 1. The second-order valence-corrected chi connectivity index (χ2v) is 5.53. The number of aromatic nitrogens is 3. The number of nitrogens with zero attached hydrogens (tertiary/aromatic N) is 3. The molecule has 2 aromatic rings. The van der Waals surface area contributed by atoms with Crippen LogP contribution in [0.3, 0.4) is 0 Å². The van der Waals surface area contributed by atoms with Gasteiger partial charge in [0.2, 0.25) is 5.91 Å². The molecule has 1 saturated heterocycles. The van der Waals surface area contributed by atoms with Gasteiger partial charge in [0.05, 0.1) is 31.0 Å². The number of rotatable bonds is 5. The highest BCUT2D eigenvalue weighted by Crippen LogP contribution is 2.15. The van der Waals surface area contributed by atoms with Crippen molar-refractivity contribution in [3.8, 4) is 0 Å². The van der Waals surface area contributed by atoms with Crippen molar-refractivity contribution in [1.82, 2.24) is 14.8 Å². The van der Waals surface area contributed by atoms with E-state index in [1.54, 1.807) is 18.6 Å². The summed E-state index contributed by atoms with van der Waals surface area (Å²) in [7, 11) is 0. The van der Waals surface area contributed by atoms with Gasteiger partial charge in [0, 0.05) is 25.2 Å². The highest BCUT2D eigenvalue weighted by Gasteiger charge is 2.15. The predicted octanol–water partition coefficient (Wildman–Crippen LogP) is 2.03. The summed E-state index contributed by atoms with van der Waals surface area (Å²) >= 11 is 0. The maximum absolute atomic E-state index is 12.0. The highest BCUT2D eigenvalue weighted by molar-refractivity contribution is 5.91. The number of hydrogen-bond donors (Lipinski definition) is 1. The van der Waals surface area contributed by atoms with Gasteiger partial charge in [-0.25, -0.2) is 0 Å². The Kier molecular flexibility index (Phi) is 4.80. The van der Waals surface area contributed by atoms with E-state index in [1.807, 2.05) is 23.0 Å². The van der Waals surface area contributed by atoms with Crippen LogP contribution >= 0.6 is 0 Å². The number of nitrogens with one attached hydrogen (secondary N) is 1. The molecule has 22 heavy (non-hydrogen) atoms. The first-order valence-corrected chi connectivity index (χ1v) is 7.62. The maximum atomic E-state index is 12.0. The smallest absolute Gasteiger partial charge is 0.228 e. The topological polar surface area (TPSA) is 69.0 Å². The maximum Gasteiger partial charge on any atom is 0.228 e. The van der Waals surface area contributed by atoms with Gasteiger partial charge in [-0.15, -0.1) is 0 Å². The fourth-order valence-electron chi connectivity index (χ4n) is 2.58. The Morgan fingerprint density at radius 2 is 2.36 bits per heavy atom. The van der Waals surface area contributed by atoms with Gasteiger partial charge >= 0.3 is 0 Å². The Bertz CT molecular complexity index is 606. The third kappa shape index (κ3) is 4.14. The van der Waals surface area contributed by atoms with Crippen molar-refractivity contribution < 1.29 is 9.53 Å². The molecule has 1 atom stereocenters. The molecule has 1 fully saturated rings. The molecule has 0 saturated carbocycles. The summed E-state index contributed by atoms with van der Waals surface area (Å²) in [5.74, 6) is -0.0681. The number of amides is 1. The molecule has 0 spiro atoms. The Labute approximate surface area is 129 Å². The zero-order chi connectivity index (χ0) is 15.2. The molecule has 1 aliphatic heterocycles. The zero-order valence-electron chi connectivity index (χ0n) is 12.4. The first-order valence-electron chi connectivity index (χ1n) is 7.62. The third-order valence-corrected chi connectivity index (χ3v) is 3.67. The second kappa shape index (κ2) is 7.17. The molecule has 1 unspecified atom stereocenters. The minimum absolute atomic E-state index is 0.0681. The SMILES string of the molecule is O=C(Cc1cccnc1)Nc1cnn(CC2CCCCO2)c1. The first-order chi connectivity index (χ1) is 10.8. The van der Waals surface area contributed by atoms with Crippen molar-refractivity contribution in [3.63, 3.8) is 0 Å². The summed E-state index contributed by atoms with van der Waals surface area (Å²) in [5.41, 5.74) is 1.60. The van der Waals surface area contributed by atoms with Crippen LogP contribution in [0, 0.1) is 0 Å². The monoisotopic (exact) mass is 300 g/mol. The van der Waals surface area contributed by atoms with Crippen LogP contribution in [0.25, 0.3) is 0 Å². The summed E-state index contributed by atoms with van der Waals surface area (Å²) in [6.45, 7) is 1.57. The molecule has 116 valence electrons. The summed E-state index contributed by atoms with van der Waals surface area (Å²) in [6, 6.07) is 3.71. The van der Waals surface area contributed by atoms with E-state index in [0.29, 0.717) is 12.1 Å². The molecule has 6 heteroatoms. The fraction of sp³-hybridized carbons (Fsp3) is 0.438. The molecule has 6 nitrogen and oxygen atoms in total. The molecule has 2 aromatic heterocycles. The average molecular weight is 300 g/mol. The largest absolute Gasteiger partial charge is 0.376 e. The molecule has 0 radical (unpaired) electrons. The van der Waals surface area contributed by atoms with Crippen LogP contribution in [0.1, 0.15) is 24.8 Å². The van der Waals surface area contributed by atoms with Crippen LogP contribution in [0.2, 0.25) is 0 Å². The van der Waals surface area contributed by atoms with Crippen LogP contribution in [0.5, 0.6) is 0 Å². The number of hydrogen-bond acceptors (Lipinski definition) is 4. The van der Waals surface area contributed by atoms with Gasteiger partial charge in [0.25, 0.3) is 0 Å². The average Bonchev–Trinajstić information content (AvgIpc) is 2.96. The van der Waals surface area contributed by atoms with E-state index in [9.17, 15) is 4.79 Å². The quantitative estimate of drug-likeness (QED) is 0.917. The Morgan fingerprint density at radius 3 is 3.14 bits per heavy atom. The summed E-state index contributed by atoms with van der Waals surface area (Å²) in [4.78, 5) is 16.0. The van der Waals surface area contributed by atoms with E-state index in [0.717, 1.165) is 31.6 Å². The van der Waals surface area contributed by atoms with Crippen LogP contribution in [-0.2, 0) is 22.5 Å². The Morgan fingerprint density at radius 1 is 1.41 bits per heavy atom. The van der Waals surface area contributed by atoms with Crippen molar-refractivity contribution >= 4 is 11.6 Å². The normalized spacial score (nSPS) is 18.1. The number of ether oxygens (including phenoxy) is 1. The van der Waals surface area contributed by atoms with Crippen molar-refractivity contribution in [1.29, 1.82) is 0 Å². The predicted molar refractivity (Wildman–Crippen MR) is 82.4 cm³/mol. The lowest BCUT2D eigenvalue weighted by Gasteiger charge is -2.22. The van der Waals surface area contributed by atoms with Gasteiger partial charge in [0.1, 0.15) is 0 Å². The lowest BCUT2D eigenvalue weighted by atomic mass is 10.1. The summed E-state index contributed by atoms with van der Waals surface area (Å²) in [5, 5.41) is 7.14. The van der Waals surface area contributed by atoms with Gasteiger partial charge in [-0.2, -0.15) is 5.10 Å². The van der Waals surface area contributed by atoms with Gasteiger partial charge < -0.3 is 10.1 Å². The van der Waals surface area contributed by atoms with E-state index < -0.39 is 0 Å². The van der Waals surface area contributed by atoms with Gasteiger partial charge in [-0.05, 0) is 30.9 Å². The van der Waals surface area contributed by atoms with Crippen molar-refractivity contribution in [2.45, 2.75) is 38.3 Å². The highest BCUT2D eigenvalue weighted by atomic mass is 16.5. The minimum atomic E-state index is -0.0681. The van der Waals surface area contributed by atoms with Crippen molar-refractivity contribution in [2.24, 2.45) is 0 Å². The number of anilines is 1.